The molecule has 0 fully saturated rings. The minimum absolute atomic E-state index is 0.103. The Hall–Kier alpha value is -2.38. The van der Waals surface area contributed by atoms with Crippen molar-refractivity contribution in [2.75, 3.05) is 20.7 Å². The van der Waals surface area contributed by atoms with Crippen molar-refractivity contribution in [3.63, 3.8) is 0 Å². The molecule has 0 aromatic carbocycles. The molecule has 0 radical (unpaired) electrons. The number of methoxy groups -OCH3 is 1. The van der Waals surface area contributed by atoms with E-state index in [1.165, 1.54) is 31.2 Å². The van der Waals surface area contributed by atoms with Crippen LogP contribution in [0.1, 0.15) is 17.4 Å². The molecule has 8 nitrogen and oxygen atoms in total. The molecule has 1 N–H and O–H groups in total. The fourth-order valence-corrected chi connectivity index (χ4v) is 1.59. The van der Waals surface area contributed by atoms with Gasteiger partial charge in [0.15, 0.2) is 5.69 Å². The number of nitrogens with zero attached hydrogens (tertiary/aromatic N) is 2. The van der Waals surface area contributed by atoms with E-state index in [-0.39, 0.29) is 18.1 Å². The van der Waals surface area contributed by atoms with Gasteiger partial charge >= 0.3 is 11.8 Å². The van der Waals surface area contributed by atoms with Crippen LogP contribution in [-0.2, 0) is 9.53 Å². The lowest BCUT2D eigenvalue weighted by Crippen LogP contribution is -2.34. The molecule has 0 aliphatic rings. The highest BCUT2D eigenvalue weighted by atomic mass is 16.6. The van der Waals surface area contributed by atoms with Gasteiger partial charge in [0.2, 0.25) is 0 Å². The Morgan fingerprint density at radius 2 is 2.16 bits per heavy atom. The first-order valence-electron chi connectivity index (χ1n) is 5.53. The number of hydrogen-bond acceptors (Lipinski definition) is 5. The summed E-state index contributed by atoms with van der Waals surface area (Å²) in [6, 6.07) is 2.55. The monoisotopic (exact) mass is 269 g/mol. The zero-order chi connectivity index (χ0) is 14.6. The first kappa shape index (κ1) is 14.7. The van der Waals surface area contributed by atoms with Gasteiger partial charge in [-0.05, 0) is 11.0 Å². The summed E-state index contributed by atoms with van der Waals surface area (Å²) in [6.45, 7) is 1.80. The van der Waals surface area contributed by atoms with Gasteiger partial charge in [-0.1, -0.05) is 6.92 Å². The Morgan fingerprint density at radius 3 is 2.63 bits per heavy atom. The number of amides is 1. The SMILES string of the molecule is COC(=O)C(C)CN(C)C(=O)c1ccc([N+](=O)[O-])[nH]1. The molecule has 0 spiro atoms. The Balaban J connectivity index is 2.71. The molecule has 1 rings (SSSR count). The number of H-pyrrole nitrogens is 1. The molecule has 0 saturated heterocycles. The maximum Gasteiger partial charge on any atom is 0.321 e. The molecule has 1 atom stereocenters. The van der Waals surface area contributed by atoms with Crippen LogP contribution in [0.2, 0.25) is 0 Å². The van der Waals surface area contributed by atoms with Crippen LogP contribution in [0.4, 0.5) is 5.82 Å². The molecule has 0 aliphatic carbocycles. The highest BCUT2D eigenvalue weighted by Crippen LogP contribution is 2.12. The van der Waals surface area contributed by atoms with Crippen LogP contribution in [0, 0.1) is 16.0 Å². The molecule has 8 heteroatoms. The van der Waals surface area contributed by atoms with Gasteiger partial charge in [0, 0.05) is 19.7 Å². The van der Waals surface area contributed by atoms with Gasteiger partial charge in [0.25, 0.3) is 5.91 Å². The van der Waals surface area contributed by atoms with E-state index in [4.69, 9.17) is 0 Å². The van der Waals surface area contributed by atoms with Crippen molar-refractivity contribution in [2.24, 2.45) is 5.92 Å². The van der Waals surface area contributed by atoms with E-state index in [1.807, 2.05) is 0 Å². The number of nitrogens with one attached hydrogen (secondary N) is 1. The van der Waals surface area contributed by atoms with Gasteiger partial charge in [0.1, 0.15) is 0 Å². The number of carbonyl (C=O) groups excluding carboxylic acids is 2. The summed E-state index contributed by atoms with van der Waals surface area (Å²) in [6.07, 6.45) is 0. The molecule has 1 aromatic rings. The third-order valence-corrected chi connectivity index (χ3v) is 2.60. The molecule has 1 heterocycles. The van der Waals surface area contributed by atoms with Gasteiger partial charge in [-0.25, -0.2) is 4.98 Å². The van der Waals surface area contributed by atoms with E-state index < -0.39 is 22.7 Å². The van der Waals surface area contributed by atoms with E-state index >= 15 is 0 Å². The van der Waals surface area contributed by atoms with Crippen molar-refractivity contribution in [2.45, 2.75) is 6.92 Å². The molecule has 104 valence electrons. The maximum absolute atomic E-state index is 11.9. The second-order valence-electron chi connectivity index (χ2n) is 4.12. The number of esters is 1. The van der Waals surface area contributed by atoms with Crippen molar-refractivity contribution in [1.29, 1.82) is 0 Å². The quantitative estimate of drug-likeness (QED) is 0.483. The van der Waals surface area contributed by atoms with Crippen LogP contribution < -0.4 is 0 Å². The van der Waals surface area contributed by atoms with E-state index in [0.717, 1.165) is 0 Å². The van der Waals surface area contributed by atoms with Gasteiger partial charge in [-0.3, -0.25) is 9.59 Å². The minimum Gasteiger partial charge on any atom is -0.469 e. The Labute approximate surface area is 109 Å². The fourth-order valence-electron chi connectivity index (χ4n) is 1.59. The van der Waals surface area contributed by atoms with E-state index in [2.05, 4.69) is 9.72 Å². The molecular weight excluding hydrogens is 254 g/mol. The number of rotatable bonds is 5. The van der Waals surface area contributed by atoms with Gasteiger partial charge in [0.05, 0.1) is 13.0 Å². The maximum atomic E-state index is 11.9. The second kappa shape index (κ2) is 5.98. The molecule has 19 heavy (non-hydrogen) atoms. The number of carbonyl (C=O) groups is 2. The lowest BCUT2D eigenvalue weighted by Gasteiger charge is -2.18. The average Bonchev–Trinajstić information content (AvgIpc) is 2.86. The summed E-state index contributed by atoms with van der Waals surface area (Å²) >= 11 is 0. The number of aromatic nitrogens is 1. The Morgan fingerprint density at radius 1 is 1.53 bits per heavy atom. The molecule has 1 unspecified atom stereocenters. The summed E-state index contributed by atoms with van der Waals surface area (Å²) in [7, 11) is 2.78. The second-order valence-corrected chi connectivity index (χ2v) is 4.12. The summed E-state index contributed by atoms with van der Waals surface area (Å²) in [5, 5.41) is 10.5. The zero-order valence-corrected chi connectivity index (χ0v) is 10.9. The van der Waals surface area contributed by atoms with Crippen LogP contribution >= 0.6 is 0 Å². The van der Waals surface area contributed by atoms with Crippen LogP contribution in [0.15, 0.2) is 12.1 Å². The number of hydrogen-bond donors (Lipinski definition) is 1. The topological polar surface area (TPSA) is 106 Å². The molecule has 1 aromatic heterocycles. The van der Waals surface area contributed by atoms with Crippen LogP contribution in [-0.4, -0.2) is 47.4 Å². The van der Waals surface area contributed by atoms with Crippen LogP contribution in [0.3, 0.4) is 0 Å². The standard InChI is InChI=1S/C11H15N3O5/c1-7(11(16)19-3)6-13(2)10(15)8-4-5-9(12-8)14(17)18/h4-5,7,12H,6H2,1-3H3. The van der Waals surface area contributed by atoms with Gasteiger partial charge in [-0.2, -0.15) is 0 Å². The Kier molecular flexibility index (Phi) is 4.62. The van der Waals surface area contributed by atoms with Crippen LogP contribution in [0.5, 0.6) is 0 Å². The highest BCUT2D eigenvalue weighted by molar-refractivity contribution is 5.93. The van der Waals surface area contributed by atoms with Crippen molar-refractivity contribution < 1.29 is 19.2 Å². The first-order chi connectivity index (χ1) is 8.86. The van der Waals surface area contributed by atoms with Crippen molar-refractivity contribution in [1.82, 2.24) is 9.88 Å². The van der Waals surface area contributed by atoms with E-state index in [9.17, 15) is 19.7 Å². The first-order valence-corrected chi connectivity index (χ1v) is 5.53. The molecular formula is C11H15N3O5. The number of aromatic amines is 1. The third kappa shape index (κ3) is 3.54. The summed E-state index contributed by atoms with van der Waals surface area (Å²) < 4.78 is 4.56. The van der Waals surface area contributed by atoms with E-state index in [0.29, 0.717) is 0 Å². The smallest absolute Gasteiger partial charge is 0.321 e. The third-order valence-electron chi connectivity index (χ3n) is 2.60. The number of nitro groups is 1. The molecule has 0 aliphatic heterocycles. The van der Waals surface area contributed by atoms with Gasteiger partial charge < -0.3 is 19.8 Å². The largest absolute Gasteiger partial charge is 0.469 e. The van der Waals surface area contributed by atoms with Crippen molar-refractivity contribution in [3.05, 3.63) is 27.9 Å². The zero-order valence-electron chi connectivity index (χ0n) is 10.9. The summed E-state index contributed by atoms with van der Waals surface area (Å²) in [5.41, 5.74) is 0.103. The lowest BCUT2D eigenvalue weighted by molar-refractivity contribution is -0.389. The number of ether oxygens (including phenoxy) is 1. The van der Waals surface area contributed by atoms with Crippen LogP contribution in [0.25, 0.3) is 0 Å². The fraction of sp³-hybridized carbons (Fsp3) is 0.455. The molecule has 0 bridgehead atoms. The average molecular weight is 269 g/mol. The molecule has 0 saturated carbocycles. The van der Waals surface area contributed by atoms with Crippen molar-refractivity contribution in [3.8, 4) is 0 Å². The highest BCUT2D eigenvalue weighted by Gasteiger charge is 2.23. The summed E-state index contributed by atoms with van der Waals surface area (Å²) in [4.78, 5) is 36.8. The normalized spacial score (nSPS) is 11.7. The van der Waals surface area contributed by atoms with E-state index in [1.54, 1.807) is 6.92 Å². The minimum atomic E-state index is -0.617. The van der Waals surface area contributed by atoms with Gasteiger partial charge in [-0.15, -0.1) is 0 Å². The summed E-state index contributed by atoms with van der Waals surface area (Å²) in [5.74, 6) is -1.57. The predicted octanol–water partition coefficient (Wildman–Crippen LogP) is 0.804. The van der Waals surface area contributed by atoms with Crippen molar-refractivity contribution >= 4 is 17.7 Å². The molecule has 1 amide bonds. The Bertz CT molecular complexity index is 496. The lowest BCUT2D eigenvalue weighted by atomic mass is 10.1. The predicted molar refractivity (Wildman–Crippen MR) is 65.6 cm³/mol.